The number of piperidine rings is 1. The first-order chi connectivity index (χ1) is 8.54. The zero-order chi connectivity index (χ0) is 13.0. The summed E-state index contributed by atoms with van der Waals surface area (Å²) >= 11 is 0. The van der Waals surface area contributed by atoms with Gasteiger partial charge in [-0.15, -0.1) is 13.2 Å². The smallest absolute Gasteiger partial charge is 0.406 e. The van der Waals surface area contributed by atoms with E-state index in [2.05, 4.69) is 10.1 Å². The molecule has 1 fully saturated rings. The molecule has 18 heavy (non-hydrogen) atoms. The van der Waals surface area contributed by atoms with Crippen LogP contribution in [0.2, 0.25) is 0 Å². The summed E-state index contributed by atoms with van der Waals surface area (Å²) < 4.78 is 40.9. The van der Waals surface area contributed by atoms with Crippen LogP contribution in [0.25, 0.3) is 0 Å². The number of ether oxygens (including phenoxy) is 1. The fourth-order valence-corrected chi connectivity index (χ4v) is 2.29. The van der Waals surface area contributed by atoms with Gasteiger partial charge >= 0.3 is 6.36 Å². The van der Waals surface area contributed by atoms with Crippen molar-refractivity contribution >= 4 is 0 Å². The number of alkyl halides is 3. The highest BCUT2D eigenvalue weighted by Gasteiger charge is 2.32. The lowest BCUT2D eigenvalue weighted by atomic mass is 9.91. The number of rotatable bonds is 3. The highest BCUT2D eigenvalue weighted by Crippen LogP contribution is 2.29. The molecule has 1 aromatic carbocycles. The predicted molar refractivity (Wildman–Crippen MR) is 62.4 cm³/mol. The first kappa shape index (κ1) is 13.2. The van der Waals surface area contributed by atoms with Crippen molar-refractivity contribution in [2.45, 2.75) is 25.6 Å². The Hall–Kier alpha value is -1.23. The molecule has 2 rings (SSSR count). The molecule has 0 unspecified atom stereocenters. The van der Waals surface area contributed by atoms with E-state index in [1.54, 1.807) is 18.2 Å². The van der Waals surface area contributed by atoms with E-state index in [1.165, 1.54) is 6.07 Å². The predicted octanol–water partition coefficient (Wildman–Crippen LogP) is 3.13. The molecule has 0 saturated carbocycles. The third-order valence-corrected chi connectivity index (χ3v) is 3.17. The molecular formula is C13H16F3NO. The fourth-order valence-electron chi connectivity index (χ4n) is 2.29. The summed E-state index contributed by atoms with van der Waals surface area (Å²) in [5.41, 5.74) is 0.640. The van der Waals surface area contributed by atoms with Gasteiger partial charge in [0.15, 0.2) is 0 Å². The van der Waals surface area contributed by atoms with E-state index in [9.17, 15) is 13.2 Å². The van der Waals surface area contributed by atoms with Crippen LogP contribution in [0.1, 0.15) is 18.4 Å². The maximum atomic E-state index is 12.3. The van der Waals surface area contributed by atoms with Crippen molar-refractivity contribution in [2.24, 2.45) is 5.92 Å². The van der Waals surface area contributed by atoms with E-state index < -0.39 is 6.36 Å². The Balaban J connectivity index is 2.06. The van der Waals surface area contributed by atoms with Gasteiger partial charge in [0.1, 0.15) is 5.75 Å². The molecule has 100 valence electrons. The number of nitrogens with one attached hydrogen (secondary N) is 1. The summed E-state index contributed by atoms with van der Waals surface area (Å²) in [7, 11) is 0. The van der Waals surface area contributed by atoms with Crippen molar-refractivity contribution in [2.75, 3.05) is 13.1 Å². The van der Waals surface area contributed by atoms with Gasteiger partial charge in [0.2, 0.25) is 0 Å². The molecule has 5 heteroatoms. The van der Waals surface area contributed by atoms with Crippen LogP contribution in [-0.4, -0.2) is 19.5 Å². The fraction of sp³-hybridized carbons (Fsp3) is 0.538. The molecule has 0 spiro atoms. The number of hydrogen-bond donors (Lipinski definition) is 1. The summed E-state index contributed by atoms with van der Waals surface area (Å²) in [6.07, 6.45) is -1.97. The minimum atomic E-state index is -4.62. The lowest BCUT2D eigenvalue weighted by Crippen LogP contribution is -2.29. The first-order valence-electron chi connectivity index (χ1n) is 6.09. The van der Waals surface area contributed by atoms with E-state index in [0.29, 0.717) is 17.9 Å². The maximum absolute atomic E-state index is 12.3. The number of para-hydroxylation sites is 1. The van der Waals surface area contributed by atoms with Crippen molar-refractivity contribution in [1.82, 2.24) is 5.32 Å². The largest absolute Gasteiger partial charge is 0.573 e. The van der Waals surface area contributed by atoms with Crippen LogP contribution < -0.4 is 10.1 Å². The van der Waals surface area contributed by atoms with Crippen molar-refractivity contribution in [1.29, 1.82) is 0 Å². The average molecular weight is 259 g/mol. The van der Waals surface area contributed by atoms with Gasteiger partial charge in [0.25, 0.3) is 0 Å². The van der Waals surface area contributed by atoms with Gasteiger partial charge in [-0.05, 0) is 49.9 Å². The molecule has 0 aliphatic carbocycles. The van der Waals surface area contributed by atoms with E-state index in [1.807, 2.05) is 0 Å². The van der Waals surface area contributed by atoms with E-state index in [4.69, 9.17) is 0 Å². The molecule has 0 bridgehead atoms. The normalized spacial score (nSPS) is 17.7. The maximum Gasteiger partial charge on any atom is 0.573 e. The SMILES string of the molecule is FC(F)(F)Oc1ccccc1CC1CCNCC1. The van der Waals surface area contributed by atoms with Crippen LogP contribution in [0.15, 0.2) is 24.3 Å². The monoisotopic (exact) mass is 259 g/mol. The standard InChI is InChI=1S/C13H16F3NO/c14-13(15,16)18-12-4-2-1-3-11(12)9-10-5-7-17-8-6-10/h1-4,10,17H,5-9H2. The van der Waals surface area contributed by atoms with E-state index >= 15 is 0 Å². The van der Waals surface area contributed by atoms with E-state index in [-0.39, 0.29) is 5.75 Å². The first-order valence-corrected chi connectivity index (χ1v) is 6.09. The Morgan fingerprint density at radius 2 is 1.83 bits per heavy atom. The minimum Gasteiger partial charge on any atom is -0.406 e. The van der Waals surface area contributed by atoms with Crippen molar-refractivity contribution in [3.05, 3.63) is 29.8 Å². The molecule has 1 aromatic rings. The molecule has 0 aromatic heterocycles. The van der Waals surface area contributed by atoms with Gasteiger partial charge in [-0.1, -0.05) is 18.2 Å². The van der Waals surface area contributed by atoms with Crippen LogP contribution in [0.4, 0.5) is 13.2 Å². The molecule has 0 amide bonds. The Morgan fingerprint density at radius 1 is 1.17 bits per heavy atom. The van der Waals surface area contributed by atoms with Gasteiger partial charge in [0, 0.05) is 0 Å². The van der Waals surface area contributed by atoms with E-state index in [0.717, 1.165) is 25.9 Å². The van der Waals surface area contributed by atoms with Gasteiger partial charge in [-0.3, -0.25) is 0 Å². The molecule has 0 radical (unpaired) electrons. The Bertz CT molecular complexity index is 386. The van der Waals surface area contributed by atoms with Crippen molar-refractivity contribution in [3.63, 3.8) is 0 Å². The second-order valence-electron chi connectivity index (χ2n) is 4.55. The van der Waals surface area contributed by atoms with Gasteiger partial charge in [0.05, 0.1) is 0 Å². The third kappa shape index (κ3) is 3.91. The molecule has 1 saturated heterocycles. The zero-order valence-electron chi connectivity index (χ0n) is 9.96. The van der Waals surface area contributed by atoms with Gasteiger partial charge in [-0.2, -0.15) is 0 Å². The Kier molecular flexibility index (Phi) is 4.11. The zero-order valence-corrected chi connectivity index (χ0v) is 9.96. The quantitative estimate of drug-likeness (QED) is 0.900. The van der Waals surface area contributed by atoms with Crippen LogP contribution in [0, 0.1) is 5.92 Å². The number of hydrogen-bond acceptors (Lipinski definition) is 2. The summed E-state index contributed by atoms with van der Waals surface area (Å²) in [6, 6.07) is 6.40. The lowest BCUT2D eigenvalue weighted by molar-refractivity contribution is -0.274. The minimum absolute atomic E-state index is 0.0662. The highest BCUT2D eigenvalue weighted by atomic mass is 19.4. The molecule has 1 N–H and O–H groups in total. The van der Waals surface area contributed by atoms with Crippen molar-refractivity contribution in [3.8, 4) is 5.75 Å². The molecular weight excluding hydrogens is 243 g/mol. The second kappa shape index (κ2) is 5.61. The Morgan fingerprint density at radius 3 is 2.50 bits per heavy atom. The highest BCUT2D eigenvalue weighted by molar-refractivity contribution is 5.33. The molecule has 2 nitrogen and oxygen atoms in total. The third-order valence-electron chi connectivity index (χ3n) is 3.17. The van der Waals surface area contributed by atoms with Crippen LogP contribution in [0.5, 0.6) is 5.75 Å². The topological polar surface area (TPSA) is 21.3 Å². The van der Waals surface area contributed by atoms with Gasteiger partial charge in [-0.25, -0.2) is 0 Å². The number of halogens is 3. The summed E-state index contributed by atoms with van der Waals surface area (Å²) in [6.45, 7) is 1.87. The van der Waals surface area contributed by atoms with Crippen LogP contribution in [-0.2, 0) is 6.42 Å². The second-order valence-corrected chi connectivity index (χ2v) is 4.55. The van der Waals surface area contributed by atoms with Crippen molar-refractivity contribution < 1.29 is 17.9 Å². The molecule has 1 heterocycles. The summed E-state index contributed by atoms with van der Waals surface area (Å²) in [4.78, 5) is 0. The van der Waals surface area contributed by atoms with Gasteiger partial charge < -0.3 is 10.1 Å². The summed E-state index contributed by atoms with van der Waals surface area (Å²) in [5.74, 6) is 0.368. The molecule has 1 aliphatic rings. The van der Waals surface area contributed by atoms with Crippen LogP contribution >= 0.6 is 0 Å². The molecule has 1 aliphatic heterocycles. The van der Waals surface area contributed by atoms with Crippen LogP contribution in [0.3, 0.4) is 0 Å². The number of benzene rings is 1. The molecule has 0 atom stereocenters. The lowest BCUT2D eigenvalue weighted by Gasteiger charge is -2.23. The summed E-state index contributed by atoms with van der Waals surface area (Å²) in [5, 5.41) is 3.24. The Labute approximate surface area is 104 Å². The average Bonchev–Trinajstić information content (AvgIpc) is 2.31.